The maximum Gasteiger partial charge on any atom is 0.323 e. The van der Waals surface area contributed by atoms with Gasteiger partial charge in [-0.2, -0.15) is 0 Å². The number of hydrogen-bond donors (Lipinski definition) is 2. The Balaban J connectivity index is 2.13. The maximum absolute atomic E-state index is 12.6. The third-order valence-corrected chi connectivity index (χ3v) is 3.69. The van der Waals surface area contributed by atoms with Gasteiger partial charge in [-0.3, -0.25) is 9.59 Å². The van der Waals surface area contributed by atoms with Gasteiger partial charge < -0.3 is 19.7 Å². The lowest BCUT2D eigenvalue weighted by Gasteiger charge is -2.37. The fourth-order valence-electron chi connectivity index (χ4n) is 2.43. The van der Waals surface area contributed by atoms with Crippen molar-refractivity contribution in [1.82, 2.24) is 9.47 Å². The van der Waals surface area contributed by atoms with Crippen LogP contribution in [0.4, 0.5) is 0 Å². The molecule has 6 heteroatoms. The van der Waals surface area contributed by atoms with Crippen LogP contribution in [0.1, 0.15) is 36.2 Å². The lowest BCUT2D eigenvalue weighted by molar-refractivity contribution is -0.137. The first-order chi connectivity index (χ1) is 9.63. The van der Waals surface area contributed by atoms with Gasteiger partial charge in [-0.25, -0.2) is 0 Å². The van der Waals surface area contributed by atoms with E-state index in [4.69, 9.17) is 10.2 Å². The van der Waals surface area contributed by atoms with Crippen molar-refractivity contribution in [2.24, 2.45) is 0 Å². The van der Waals surface area contributed by atoms with E-state index in [2.05, 4.69) is 0 Å². The molecule has 1 amide bonds. The summed E-state index contributed by atoms with van der Waals surface area (Å²) in [5.41, 5.74) is 0.400. The highest BCUT2D eigenvalue weighted by Crippen LogP contribution is 2.26. The topological polar surface area (TPSA) is 82.8 Å². The van der Waals surface area contributed by atoms with Crippen LogP contribution in [0.5, 0.6) is 0 Å². The standard InChI is InChI=1S/C14H20N2O4/c17-9-3-8-16(11-4-1-5-11)14(20)12-6-2-7-15(12)10-13(18)19/h2,6-7,11,17H,1,3-5,8-10H2,(H,18,19). The van der Waals surface area contributed by atoms with Gasteiger partial charge in [-0.1, -0.05) is 0 Å². The number of aliphatic hydroxyl groups excluding tert-OH is 1. The minimum Gasteiger partial charge on any atom is -0.480 e. The Labute approximate surface area is 117 Å². The summed E-state index contributed by atoms with van der Waals surface area (Å²) in [6.45, 7) is 0.345. The van der Waals surface area contributed by atoms with Crippen LogP contribution >= 0.6 is 0 Å². The van der Waals surface area contributed by atoms with Crippen molar-refractivity contribution in [1.29, 1.82) is 0 Å². The average molecular weight is 280 g/mol. The Kier molecular flexibility index (Phi) is 4.79. The summed E-state index contributed by atoms with van der Waals surface area (Å²) in [6, 6.07) is 3.55. The number of rotatable bonds is 7. The molecule has 0 aromatic carbocycles. The zero-order valence-corrected chi connectivity index (χ0v) is 11.4. The largest absolute Gasteiger partial charge is 0.480 e. The molecular formula is C14H20N2O4. The molecule has 0 aliphatic heterocycles. The second-order valence-electron chi connectivity index (χ2n) is 5.08. The first kappa shape index (κ1) is 14.6. The van der Waals surface area contributed by atoms with E-state index in [1.165, 1.54) is 4.57 Å². The van der Waals surface area contributed by atoms with E-state index >= 15 is 0 Å². The highest BCUT2D eigenvalue weighted by Gasteiger charge is 2.30. The molecule has 0 saturated heterocycles. The van der Waals surface area contributed by atoms with Crippen molar-refractivity contribution in [2.75, 3.05) is 13.2 Å². The molecule has 2 rings (SSSR count). The van der Waals surface area contributed by atoms with E-state index in [0.717, 1.165) is 19.3 Å². The smallest absolute Gasteiger partial charge is 0.323 e. The summed E-state index contributed by atoms with van der Waals surface area (Å²) in [7, 11) is 0. The molecule has 0 bridgehead atoms. The summed E-state index contributed by atoms with van der Waals surface area (Å²) >= 11 is 0. The van der Waals surface area contributed by atoms with Crippen LogP contribution < -0.4 is 0 Å². The molecule has 1 aromatic heterocycles. The Bertz CT molecular complexity index is 479. The SMILES string of the molecule is O=C(O)Cn1cccc1C(=O)N(CCCO)C1CCC1. The number of aromatic nitrogens is 1. The van der Waals surface area contributed by atoms with Crippen molar-refractivity contribution in [2.45, 2.75) is 38.3 Å². The Hall–Kier alpha value is -1.82. The first-order valence-electron chi connectivity index (χ1n) is 6.92. The Morgan fingerprint density at radius 3 is 2.70 bits per heavy atom. The number of nitrogens with zero attached hydrogens (tertiary/aromatic N) is 2. The summed E-state index contributed by atoms with van der Waals surface area (Å²) in [4.78, 5) is 25.2. The lowest BCUT2D eigenvalue weighted by atomic mass is 9.91. The molecule has 6 nitrogen and oxygen atoms in total. The zero-order valence-electron chi connectivity index (χ0n) is 11.4. The van der Waals surface area contributed by atoms with Crippen molar-refractivity contribution in [3.8, 4) is 0 Å². The van der Waals surface area contributed by atoms with Gasteiger partial charge in [0, 0.05) is 25.4 Å². The summed E-state index contributed by atoms with van der Waals surface area (Å²) in [5, 5.41) is 17.8. The maximum atomic E-state index is 12.6. The van der Waals surface area contributed by atoms with Crippen LogP contribution in [0.15, 0.2) is 18.3 Å². The van der Waals surface area contributed by atoms with Gasteiger partial charge in [-0.15, -0.1) is 0 Å². The number of carbonyl (C=O) groups is 2. The fraction of sp³-hybridized carbons (Fsp3) is 0.571. The number of hydrogen-bond acceptors (Lipinski definition) is 3. The first-order valence-corrected chi connectivity index (χ1v) is 6.92. The van der Waals surface area contributed by atoms with Crippen molar-refractivity contribution >= 4 is 11.9 Å². The van der Waals surface area contributed by atoms with E-state index in [1.807, 2.05) is 0 Å². The molecule has 0 atom stereocenters. The number of carbonyl (C=O) groups excluding carboxylic acids is 1. The molecule has 0 spiro atoms. The monoisotopic (exact) mass is 280 g/mol. The van der Waals surface area contributed by atoms with E-state index in [-0.39, 0.29) is 25.1 Å². The van der Waals surface area contributed by atoms with E-state index in [9.17, 15) is 9.59 Å². The van der Waals surface area contributed by atoms with E-state index in [1.54, 1.807) is 23.2 Å². The van der Waals surface area contributed by atoms with Crippen molar-refractivity contribution < 1.29 is 19.8 Å². The molecule has 1 aliphatic carbocycles. The van der Waals surface area contributed by atoms with E-state index in [0.29, 0.717) is 18.7 Å². The molecular weight excluding hydrogens is 260 g/mol. The third kappa shape index (κ3) is 3.19. The van der Waals surface area contributed by atoms with Crippen LogP contribution in [0.25, 0.3) is 0 Å². The number of aliphatic carboxylic acids is 1. The molecule has 20 heavy (non-hydrogen) atoms. The second kappa shape index (κ2) is 6.56. The summed E-state index contributed by atoms with van der Waals surface area (Å²) in [5.74, 6) is -1.12. The van der Waals surface area contributed by atoms with Crippen LogP contribution in [0, 0.1) is 0 Å². The van der Waals surface area contributed by atoms with Gasteiger partial charge in [0.25, 0.3) is 5.91 Å². The predicted octanol–water partition coefficient (Wildman–Crippen LogP) is 0.950. The van der Waals surface area contributed by atoms with Gasteiger partial charge >= 0.3 is 5.97 Å². The molecule has 0 unspecified atom stereocenters. The second-order valence-corrected chi connectivity index (χ2v) is 5.08. The minimum absolute atomic E-state index is 0.0483. The average Bonchev–Trinajstić information content (AvgIpc) is 2.78. The van der Waals surface area contributed by atoms with E-state index < -0.39 is 5.97 Å². The van der Waals surface area contributed by atoms with Gasteiger partial charge in [-0.05, 0) is 37.8 Å². The van der Waals surface area contributed by atoms with Crippen LogP contribution in [0.2, 0.25) is 0 Å². The van der Waals surface area contributed by atoms with Gasteiger partial charge in [0.2, 0.25) is 0 Å². The summed E-state index contributed by atoms with van der Waals surface area (Å²) in [6.07, 6.45) is 5.23. The quantitative estimate of drug-likeness (QED) is 0.779. The molecule has 1 aliphatic rings. The van der Waals surface area contributed by atoms with Gasteiger partial charge in [0.1, 0.15) is 12.2 Å². The molecule has 0 radical (unpaired) electrons. The van der Waals surface area contributed by atoms with Crippen molar-refractivity contribution in [3.05, 3.63) is 24.0 Å². The van der Waals surface area contributed by atoms with Gasteiger partial charge in [0.15, 0.2) is 0 Å². The molecule has 1 fully saturated rings. The molecule has 2 N–H and O–H groups in total. The van der Waals surface area contributed by atoms with Crippen LogP contribution in [-0.2, 0) is 11.3 Å². The lowest BCUT2D eigenvalue weighted by Crippen LogP contribution is -2.45. The van der Waals surface area contributed by atoms with Crippen LogP contribution in [-0.4, -0.2) is 50.8 Å². The molecule has 1 aromatic rings. The number of carboxylic acid groups (broad SMARTS) is 1. The Morgan fingerprint density at radius 2 is 2.15 bits per heavy atom. The zero-order chi connectivity index (χ0) is 14.5. The molecule has 1 heterocycles. The third-order valence-electron chi connectivity index (χ3n) is 3.69. The predicted molar refractivity (Wildman–Crippen MR) is 72.4 cm³/mol. The Morgan fingerprint density at radius 1 is 1.40 bits per heavy atom. The normalized spacial score (nSPS) is 14.8. The number of carboxylic acids is 1. The highest BCUT2D eigenvalue weighted by molar-refractivity contribution is 5.93. The number of amides is 1. The number of aliphatic hydroxyl groups is 1. The molecule has 110 valence electrons. The summed E-state index contributed by atoms with van der Waals surface area (Å²) < 4.78 is 1.45. The highest BCUT2D eigenvalue weighted by atomic mass is 16.4. The van der Waals surface area contributed by atoms with Crippen molar-refractivity contribution in [3.63, 3.8) is 0 Å². The fourth-order valence-corrected chi connectivity index (χ4v) is 2.43. The van der Waals surface area contributed by atoms with Crippen LogP contribution in [0.3, 0.4) is 0 Å². The minimum atomic E-state index is -0.971. The van der Waals surface area contributed by atoms with Gasteiger partial charge in [0.05, 0.1) is 0 Å². The molecule has 1 saturated carbocycles.